The molecule has 0 saturated heterocycles. The topological polar surface area (TPSA) is 66.0 Å². The zero-order valence-electron chi connectivity index (χ0n) is 17.0. The van der Waals surface area contributed by atoms with E-state index in [1.165, 1.54) is 24.6 Å². The fourth-order valence-corrected chi connectivity index (χ4v) is 5.07. The van der Waals surface area contributed by atoms with Crippen LogP contribution in [0.2, 0.25) is 0 Å². The molecule has 0 aromatic heterocycles. The summed E-state index contributed by atoms with van der Waals surface area (Å²) >= 11 is 1.54. The number of benzene rings is 2. The summed E-state index contributed by atoms with van der Waals surface area (Å²) in [6.45, 7) is 2.05. The highest BCUT2D eigenvalue weighted by atomic mass is 32.2. The number of amides is 1. The lowest BCUT2D eigenvalue weighted by atomic mass is 9.97. The number of nitrogens with zero attached hydrogens (tertiary/aromatic N) is 2. The van der Waals surface area contributed by atoms with Crippen molar-refractivity contribution >= 4 is 28.5 Å². The number of nitrogens with one attached hydrogen (secondary N) is 2. The second kappa shape index (κ2) is 8.22. The first-order chi connectivity index (χ1) is 14.7. The van der Waals surface area contributed by atoms with Crippen molar-refractivity contribution < 1.29 is 9.53 Å². The van der Waals surface area contributed by atoms with Gasteiger partial charge in [-0.3, -0.25) is 9.80 Å². The van der Waals surface area contributed by atoms with Gasteiger partial charge in [0, 0.05) is 16.8 Å². The smallest absolute Gasteiger partial charge is 0.255 e. The molecule has 2 aliphatic heterocycles. The lowest BCUT2D eigenvalue weighted by Crippen LogP contribution is -2.51. The highest BCUT2D eigenvalue weighted by molar-refractivity contribution is 8.13. The Bertz CT molecular complexity index is 973. The maximum absolute atomic E-state index is 13.1. The molecule has 6 nitrogen and oxygen atoms in total. The van der Waals surface area contributed by atoms with Crippen molar-refractivity contribution in [3.05, 3.63) is 59.7 Å². The van der Waals surface area contributed by atoms with Crippen LogP contribution in [-0.2, 0) is 4.79 Å². The lowest BCUT2D eigenvalue weighted by molar-refractivity contribution is -0.127. The molecule has 0 bridgehead atoms. The van der Waals surface area contributed by atoms with Gasteiger partial charge in [-0.15, -0.1) is 5.10 Å². The highest BCUT2D eigenvalue weighted by Crippen LogP contribution is 2.44. The molecule has 1 aliphatic carbocycles. The maximum Gasteiger partial charge on any atom is 0.255 e. The number of hydrogen-bond acceptors (Lipinski definition) is 6. The van der Waals surface area contributed by atoms with Crippen LogP contribution in [0.15, 0.2) is 53.6 Å². The average molecular weight is 423 g/mol. The Balaban J connectivity index is 1.57. The second-order valence-corrected chi connectivity index (χ2v) is 9.06. The SMILES string of the molecule is CCSC1=NN2C(c3ccccc3OC3CCCC3)Nc3ccccc3C2C(=O)N1. The van der Waals surface area contributed by atoms with E-state index in [2.05, 4.69) is 23.6 Å². The lowest BCUT2D eigenvalue weighted by Gasteiger charge is -2.44. The zero-order valence-corrected chi connectivity index (χ0v) is 17.8. The van der Waals surface area contributed by atoms with Gasteiger partial charge in [0.25, 0.3) is 5.91 Å². The average Bonchev–Trinajstić information content (AvgIpc) is 3.27. The highest BCUT2D eigenvalue weighted by Gasteiger charge is 2.42. The molecule has 2 heterocycles. The summed E-state index contributed by atoms with van der Waals surface area (Å²) in [5, 5.41) is 14.0. The van der Waals surface area contributed by atoms with Gasteiger partial charge in [-0.25, -0.2) is 0 Å². The van der Waals surface area contributed by atoms with Crippen LogP contribution in [0.3, 0.4) is 0 Å². The monoisotopic (exact) mass is 422 g/mol. The molecule has 7 heteroatoms. The van der Waals surface area contributed by atoms with Crippen molar-refractivity contribution in [2.24, 2.45) is 5.10 Å². The number of para-hydroxylation sites is 2. The standard InChI is InChI=1S/C23H26N4O2S/c1-2-30-23-25-22(28)20-16-11-5-7-13-18(16)24-21(27(20)26-23)17-12-6-8-14-19(17)29-15-9-3-4-10-15/h5-8,11-15,20-21,24H,2-4,9-10H2,1H3,(H,25,26,28). The first-order valence-electron chi connectivity index (χ1n) is 10.7. The molecule has 2 aromatic carbocycles. The summed E-state index contributed by atoms with van der Waals surface area (Å²) in [6.07, 6.45) is 4.60. The van der Waals surface area contributed by atoms with E-state index in [1.807, 2.05) is 47.5 Å². The van der Waals surface area contributed by atoms with Crippen molar-refractivity contribution in [2.45, 2.75) is 50.9 Å². The number of fused-ring (bicyclic) bond motifs is 3. The van der Waals surface area contributed by atoms with Gasteiger partial charge in [0.2, 0.25) is 0 Å². The maximum atomic E-state index is 13.1. The Hall–Kier alpha value is -2.67. The van der Waals surface area contributed by atoms with E-state index in [0.29, 0.717) is 5.17 Å². The van der Waals surface area contributed by atoms with Crippen LogP contribution >= 0.6 is 11.8 Å². The fourth-order valence-electron chi connectivity index (χ4n) is 4.47. The van der Waals surface area contributed by atoms with Crippen LogP contribution < -0.4 is 15.4 Å². The van der Waals surface area contributed by atoms with Crippen molar-refractivity contribution in [1.29, 1.82) is 0 Å². The van der Waals surface area contributed by atoms with Gasteiger partial charge < -0.3 is 15.4 Å². The predicted molar refractivity (Wildman–Crippen MR) is 120 cm³/mol. The van der Waals surface area contributed by atoms with Gasteiger partial charge in [-0.2, -0.15) is 0 Å². The number of amidine groups is 1. The minimum atomic E-state index is -0.479. The number of carbonyl (C=O) groups is 1. The van der Waals surface area contributed by atoms with Crippen LogP contribution in [0, 0.1) is 0 Å². The molecular formula is C23H26N4O2S. The first kappa shape index (κ1) is 19.3. The van der Waals surface area contributed by atoms with Gasteiger partial charge in [0.1, 0.15) is 11.9 Å². The third-order valence-electron chi connectivity index (χ3n) is 5.85. The van der Waals surface area contributed by atoms with Crippen LogP contribution in [0.4, 0.5) is 5.69 Å². The summed E-state index contributed by atoms with van der Waals surface area (Å²) in [6, 6.07) is 15.6. The number of hydrogen-bond donors (Lipinski definition) is 2. The molecule has 1 fully saturated rings. The molecular weight excluding hydrogens is 396 g/mol. The zero-order chi connectivity index (χ0) is 20.5. The minimum Gasteiger partial charge on any atom is -0.490 e. The number of rotatable bonds is 4. The summed E-state index contributed by atoms with van der Waals surface area (Å²) in [7, 11) is 0. The first-order valence-corrected chi connectivity index (χ1v) is 11.6. The van der Waals surface area contributed by atoms with Crippen molar-refractivity contribution in [2.75, 3.05) is 11.1 Å². The van der Waals surface area contributed by atoms with Gasteiger partial charge in [0.05, 0.1) is 6.10 Å². The fraction of sp³-hybridized carbons (Fsp3) is 0.391. The van der Waals surface area contributed by atoms with Gasteiger partial charge in [0.15, 0.2) is 11.2 Å². The van der Waals surface area contributed by atoms with Gasteiger partial charge in [-0.05, 0) is 43.6 Å². The molecule has 2 atom stereocenters. The molecule has 2 unspecified atom stereocenters. The third-order valence-corrected chi connectivity index (χ3v) is 6.60. The Kier molecular flexibility index (Phi) is 5.29. The van der Waals surface area contributed by atoms with Gasteiger partial charge in [-0.1, -0.05) is 55.1 Å². The Labute approximate surface area is 181 Å². The quantitative estimate of drug-likeness (QED) is 0.752. The van der Waals surface area contributed by atoms with Crippen LogP contribution in [-0.4, -0.2) is 27.9 Å². The number of carbonyl (C=O) groups excluding carboxylic acids is 1. The summed E-state index contributed by atoms with van der Waals surface area (Å²) in [5.74, 6) is 1.66. The molecule has 0 radical (unpaired) electrons. The Morgan fingerprint density at radius 1 is 1.10 bits per heavy atom. The van der Waals surface area contributed by atoms with E-state index in [-0.39, 0.29) is 18.2 Å². The summed E-state index contributed by atoms with van der Waals surface area (Å²) < 4.78 is 6.41. The summed E-state index contributed by atoms with van der Waals surface area (Å²) in [4.78, 5) is 13.1. The Morgan fingerprint density at radius 3 is 2.63 bits per heavy atom. The predicted octanol–water partition coefficient (Wildman–Crippen LogP) is 4.63. The van der Waals surface area contributed by atoms with Crippen molar-refractivity contribution in [3.8, 4) is 5.75 Å². The second-order valence-electron chi connectivity index (χ2n) is 7.81. The van der Waals surface area contributed by atoms with Crippen LogP contribution in [0.5, 0.6) is 5.75 Å². The van der Waals surface area contributed by atoms with E-state index in [0.717, 1.165) is 41.2 Å². The van der Waals surface area contributed by atoms with Crippen LogP contribution in [0.1, 0.15) is 55.9 Å². The Morgan fingerprint density at radius 2 is 1.83 bits per heavy atom. The molecule has 2 N–H and O–H groups in total. The molecule has 0 spiro atoms. The van der Waals surface area contributed by atoms with Crippen molar-refractivity contribution in [1.82, 2.24) is 10.3 Å². The van der Waals surface area contributed by atoms with Crippen LogP contribution in [0.25, 0.3) is 0 Å². The van der Waals surface area contributed by atoms with E-state index < -0.39 is 6.04 Å². The molecule has 3 aliphatic rings. The molecule has 5 rings (SSSR count). The molecule has 30 heavy (non-hydrogen) atoms. The van der Waals surface area contributed by atoms with E-state index >= 15 is 0 Å². The third kappa shape index (κ3) is 3.51. The van der Waals surface area contributed by atoms with E-state index in [9.17, 15) is 4.79 Å². The molecule has 156 valence electrons. The normalized spacial score (nSPS) is 23.2. The number of anilines is 1. The molecule has 1 amide bonds. The van der Waals surface area contributed by atoms with E-state index in [1.54, 1.807) is 0 Å². The molecule has 2 aromatic rings. The van der Waals surface area contributed by atoms with E-state index in [4.69, 9.17) is 9.84 Å². The largest absolute Gasteiger partial charge is 0.490 e. The van der Waals surface area contributed by atoms with Gasteiger partial charge >= 0.3 is 0 Å². The number of thioether (sulfide) groups is 1. The molecule has 1 saturated carbocycles. The minimum absolute atomic E-state index is 0.0471. The van der Waals surface area contributed by atoms with Crippen molar-refractivity contribution in [3.63, 3.8) is 0 Å². The number of ether oxygens (including phenoxy) is 1. The number of hydrazone groups is 1. The summed E-state index contributed by atoms with van der Waals surface area (Å²) in [5.41, 5.74) is 2.89.